The third kappa shape index (κ3) is 5.59. The van der Waals surface area contributed by atoms with Crippen molar-refractivity contribution in [1.29, 1.82) is 0 Å². The Morgan fingerprint density at radius 3 is 2.58 bits per heavy atom. The molecule has 2 unspecified atom stereocenters. The van der Waals surface area contributed by atoms with E-state index in [0.717, 1.165) is 38.6 Å². The van der Waals surface area contributed by atoms with Crippen LogP contribution in [0.5, 0.6) is 0 Å². The Bertz CT molecular complexity index is 584. The highest BCUT2D eigenvalue weighted by Crippen LogP contribution is 2.21. The van der Waals surface area contributed by atoms with Gasteiger partial charge in [0.15, 0.2) is 15.8 Å². The first-order valence-corrected chi connectivity index (χ1v) is 12.2. The van der Waals surface area contributed by atoms with Gasteiger partial charge in [-0.2, -0.15) is 0 Å². The molecule has 7 heteroatoms. The Kier molecular flexibility index (Phi) is 6.83. The molecular formula is C19H36N4O2S. The van der Waals surface area contributed by atoms with Gasteiger partial charge >= 0.3 is 0 Å². The summed E-state index contributed by atoms with van der Waals surface area (Å²) in [6.45, 7) is 10.5. The fraction of sp³-hybridized carbons (Fsp3) is 0.947. The molecule has 1 N–H and O–H groups in total. The zero-order valence-corrected chi connectivity index (χ0v) is 17.3. The molecule has 0 aromatic rings. The van der Waals surface area contributed by atoms with Crippen LogP contribution in [-0.2, 0) is 9.84 Å². The molecule has 0 radical (unpaired) electrons. The lowest BCUT2D eigenvalue weighted by Gasteiger charge is -2.32. The van der Waals surface area contributed by atoms with Gasteiger partial charge in [0.25, 0.3) is 0 Å². The van der Waals surface area contributed by atoms with E-state index in [-0.39, 0.29) is 5.92 Å². The highest BCUT2D eigenvalue weighted by Gasteiger charge is 2.31. The average Bonchev–Trinajstić information content (AvgIpc) is 3.22. The Balaban J connectivity index is 1.56. The van der Waals surface area contributed by atoms with Crippen molar-refractivity contribution >= 4 is 15.8 Å². The molecule has 0 aliphatic carbocycles. The van der Waals surface area contributed by atoms with Crippen molar-refractivity contribution in [2.45, 2.75) is 52.0 Å². The van der Waals surface area contributed by atoms with E-state index in [1.54, 1.807) is 0 Å². The summed E-state index contributed by atoms with van der Waals surface area (Å²) >= 11 is 0. The molecule has 0 saturated carbocycles. The number of rotatable bonds is 5. The molecule has 3 saturated heterocycles. The standard InChI is InChI=1S/C19H36N4O2S/c1-16(2)12-20-19(21-13-17-7-11-26(24,25)15-17)23-10-6-18(14-23)22-8-4-3-5-9-22/h16-18H,3-15H2,1-2H3,(H,20,21). The first-order chi connectivity index (χ1) is 12.4. The van der Waals surface area contributed by atoms with Crippen molar-refractivity contribution in [3.8, 4) is 0 Å². The molecule has 3 fully saturated rings. The maximum atomic E-state index is 11.7. The number of likely N-dealkylation sites (tertiary alicyclic amines) is 2. The fourth-order valence-corrected chi connectivity index (χ4v) is 6.18. The maximum absolute atomic E-state index is 11.7. The van der Waals surface area contributed by atoms with Crippen molar-refractivity contribution in [3.05, 3.63) is 0 Å². The Labute approximate surface area is 159 Å². The zero-order chi connectivity index (χ0) is 18.6. The highest BCUT2D eigenvalue weighted by molar-refractivity contribution is 7.91. The lowest BCUT2D eigenvalue weighted by molar-refractivity contribution is 0.168. The Hall–Kier alpha value is -0.820. The van der Waals surface area contributed by atoms with Gasteiger partial charge in [-0.25, -0.2) is 8.42 Å². The fourth-order valence-electron chi connectivity index (χ4n) is 4.32. The number of nitrogens with one attached hydrogen (secondary N) is 1. The summed E-state index contributed by atoms with van der Waals surface area (Å²) in [5.74, 6) is 2.42. The van der Waals surface area contributed by atoms with E-state index in [9.17, 15) is 8.42 Å². The molecule has 0 bridgehead atoms. The summed E-state index contributed by atoms with van der Waals surface area (Å²) in [5.41, 5.74) is 0. The van der Waals surface area contributed by atoms with Crippen LogP contribution in [0.1, 0.15) is 46.0 Å². The normalized spacial score (nSPS) is 30.3. The van der Waals surface area contributed by atoms with E-state index < -0.39 is 9.84 Å². The second-order valence-corrected chi connectivity index (χ2v) is 10.9. The van der Waals surface area contributed by atoms with Crippen molar-refractivity contribution in [1.82, 2.24) is 15.1 Å². The van der Waals surface area contributed by atoms with E-state index in [2.05, 4.69) is 29.0 Å². The van der Waals surface area contributed by atoms with Crippen molar-refractivity contribution in [3.63, 3.8) is 0 Å². The molecule has 3 heterocycles. The van der Waals surface area contributed by atoms with Crippen molar-refractivity contribution < 1.29 is 8.42 Å². The predicted octanol–water partition coefficient (Wildman–Crippen LogP) is 1.58. The summed E-state index contributed by atoms with van der Waals surface area (Å²) in [7, 11) is -2.81. The van der Waals surface area contributed by atoms with E-state index in [0.29, 0.717) is 23.5 Å². The van der Waals surface area contributed by atoms with Gasteiger partial charge in [0.2, 0.25) is 0 Å². The minimum atomic E-state index is -2.81. The van der Waals surface area contributed by atoms with E-state index in [4.69, 9.17) is 4.99 Å². The minimum absolute atomic E-state index is 0.227. The molecule has 150 valence electrons. The average molecular weight is 385 g/mol. The van der Waals surface area contributed by atoms with E-state index >= 15 is 0 Å². The minimum Gasteiger partial charge on any atom is -0.356 e. The summed E-state index contributed by atoms with van der Waals surface area (Å²) in [5, 5.41) is 3.51. The van der Waals surface area contributed by atoms with E-state index in [1.165, 1.54) is 38.8 Å². The molecule has 3 aliphatic rings. The van der Waals surface area contributed by atoms with Gasteiger partial charge in [0.05, 0.1) is 11.5 Å². The number of hydrogen-bond acceptors (Lipinski definition) is 4. The summed E-state index contributed by atoms with van der Waals surface area (Å²) < 4.78 is 23.4. The third-order valence-corrected chi connectivity index (χ3v) is 7.69. The molecule has 0 aromatic carbocycles. The van der Waals surface area contributed by atoms with E-state index in [1.807, 2.05) is 0 Å². The number of guanidine groups is 1. The lowest BCUT2D eigenvalue weighted by Crippen LogP contribution is -2.45. The third-order valence-electron chi connectivity index (χ3n) is 5.85. The monoisotopic (exact) mass is 384 g/mol. The van der Waals surface area contributed by atoms with Crippen LogP contribution in [0, 0.1) is 11.8 Å². The largest absolute Gasteiger partial charge is 0.356 e. The second kappa shape index (κ2) is 8.91. The molecule has 6 nitrogen and oxygen atoms in total. The number of aliphatic imine (C=N–C) groups is 1. The van der Waals surface area contributed by atoms with Gasteiger partial charge < -0.3 is 10.2 Å². The Morgan fingerprint density at radius 2 is 1.92 bits per heavy atom. The van der Waals surface area contributed by atoms with Crippen LogP contribution in [-0.4, -0.2) is 81.0 Å². The molecule has 2 atom stereocenters. The molecule has 3 aliphatic heterocycles. The SMILES string of the molecule is CC(C)CN=C(NCC1CCS(=O)(=O)C1)N1CCC(N2CCCCC2)C1. The number of nitrogens with zero attached hydrogens (tertiary/aromatic N) is 3. The summed E-state index contributed by atoms with van der Waals surface area (Å²) in [6.07, 6.45) is 6.03. The first kappa shape index (κ1) is 19.9. The first-order valence-electron chi connectivity index (χ1n) is 10.4. The topological polar surface area (TPSA) is 65.0 Å². The molecule has 26 heavy (non-hydrogen) atoms. The van der Waals surface area contributed by atoms with Crippen molar-refractivity contribution in [2.24, 2.45) is 16.8 Å². The van der Waals surface area contributed by atoms with Gasteiger partial charge in [0, 0.05) is 32.2 Å². The van der Waals surface area contributed by atoms with Gasteiger partial charge in [-0.3, -0.25) is 9.89 Å². The van der Waals surface area contributed by atoms with Crippen LogP contribution < -0.4 is 5.32 Å². The smallest absolute Gasteiger partial charge is 0.193 e. The molecule has 0 spiro atoms. The van der Waals surface area contributed by atoms with Crippen LogP contribution in [0.2, 0.25) is 0 Å². The Morgan fingerprint density at radius 1 is 1.15 bits per heavy atom. The quantitative estimate of drug-likeness (QED) is 0.576. The highest BCUT2D eigenvalue weighted by atomic mass is 32.2. The molecule has 0 aromatic heterocycles. The van der Waals surface area contributed by atoms with Crippen LogP contribution in [0.25, 0.3) is 0 Å². The lowest BCUT2D eigenvalue weighted by atomic mass is 10.1. The number of sulfone groups is 1. The van der Waals surface area contributed by atoms with Crippen molar-refractivity contribution in [2.75, 3.05) is 50.8 Å². The van der Waals surface area contributed by atoms with Gasteiger partial charge in [-0.1, -0.05) is 20.3 Å². The maximum Gasteiger partial charge on any atom is 0.193 e. The predicted molar refractivity (Wildman–Crippen MR) is 107 cm³/mol. The second-order valence-electron chi connectivity index (χ2n) is 8.69. The van der Waals surface area contributed by atoms with Crippen LogP contribution >= 0.6 is 0 Å². The van der Waals surface area contributed by atoms with Gasteiger partial charge in [-0.15, -0.1) is 0 Å². The molecular weight excluding hydrogens is 348 g/mol. The molecule has 0 amide bonds. The summed E-state index contributed by atoms with van der Waals surface area (Å²) in [6, 6.07) is 0.646. The van der Waals surface area contributed by atoms with Crippen LogP contribution in [0.4, 0.5) is 0 Å². The summed E-state index contributed by atoms with van der Waals surface area (Å²) in [4.78, 5) is 9.90. The van der Waals surface area contributed by atoms with Crippen LogP contribution in [0.3, 0.4) is 0 Å². The van der Waals surface area contributed by atoms with Gasteiger partial charge in [0.1, 0.15) is 0 Å². The van der Waals surface area contributed by atoms with Crippen LogP contribution in [0.15, 0.2) is 4.99 Å². The number of piperidine rings is 1. The zero-order valence-electron chi connectivity index (χ0n) is 16.5. The van der Waals surface area contributed by atoms with Gasteiger partial charge in [-0.05, 0) is 50.6 Å². The molecule has 3 rings (SSSR count). The number of hydrogen-bond donors (Lipinski definition) is 1.